The van der Waals surface area contributed by atoms with Gasteiger partial charge in [-0.3, -0.25) is 0 Å². The molecule has 1 fully saturated rings. The summed E-state index contributed by atoms with van der Waals surface area (Å²) in [5.41, 5.74) is 5.53. The highest BCUT2D eigenvalue weighted by Gasteiger charge is 2.53. The first kappa shape index (κ1) is 15.0. The molecule has 1 heterocycles. The van der Waals surface area contributed by atoms with Gasteiger partial charge in [0.1, 0.15) is 5.82 Å². The molecule has 0 saturated carbocycles. The summed E-state index contributed by atoms with van der Waals surface area (Å²) in [6, 6.07) is 4.67. The van der Waals surface area contributed by atoms with Gasteiger partial charge in [0.15, 0.2) is 0 Å². The number of rotatable bonds is 2. The Kier molecular flexibility index (Phi) is 3.82. The third-order valence-corrected chi connectivity index (χ3v) is 4.38. The van der Waals surface area contributed by atoms with Crippen molar-refractivity contribution in [3.05, 3.63) is 34.1 Å². The lowest BCUT2D eigenvalue weighted by atomic mass is 9.75. The van der Waals surface area contributed by atoms with Crippen LogP contribution in [0.4, 0.5) is 4.39 Å². The van der Waals surface area contributed by atoms with Gasteiger partial charge in [-0.15, -0.1) is 0 Å². The largest absolute Gasteiger partial charge is 0.480 e. The molecule has 1 atom stereocenters. The molecule has 0 unspecified atom stereocenters. The summed E-state index contributed by atoms with van der Waals surface area (Å²) in [7, 11) is -0.659. The van der Waals surface area contributed by atoms with Crippen LogP contribution in [-0.4, -0.2) is 18.3 Å². The summed E-state index contributed by atoms with van der Waals surface area (Å²) < 4.78 is 26.3. The molecule has 6 heteroatoms. The van der Waals surface area contributed by atoms with Crippen molar-refractivity contribution in [1.29, 1.82) is 0 Å². The minimum Gasteiger partial charge on any atom is -0.402 e. The lowest BCUT2D eigenvalue weighted by Crippen LogP contribution is -2.41. The number of halogens is 2. The van der Waals surface area contributed by atoms with E-state index in [2.05, 4.69) is 15.9 Å². The van der Waals surface area contributed by atoms with Crippen molar-refractivity contribution in [2.24, 2.45) is 5.73 Å². The Balaban J connectivity index is 2.27. The minimum atomic E-state index is -0.668. The molecule has 0 aromatic heterocycles. The van der Waals surface area contributed by atoms with Crippen molar-refractivity contribution in [3.63, 3.8) is 0 Å². The van der Waals surface area contributed by atoms with E-state index in [9.17, 15) is 4.39 Å². The lowest BCUT2D eigenvalue weighted by Gasteiger charge is -2.32. The maximum absolute atomic E-state index is 13.8. The zero-order valence-electron chi connectivity index (χ0n) is 11.5. The second-order valence-corrected chi connectivity index (χ2v) is 6.73. The average molecular weight is 330 g/mol. The van der Waals surface area contributed by atoms with E-state index in [4.69, 9.17) is 15.0 Å². The minimum absolute atomic E-state index is 0.356. The van der Waals surface area contributed by atoms with Crippen LogP contribution in [0.3, 0.4) is 0 Å². The smallest absolute Gasteiger partial charge is 0.402 e. The van der Waals surface area contributed by atoms with Crippen LogP contribution in [0.15, 0.2) is 22.7 Å². The zero-order chi connectivity index (χ0) is 14.4. The van der Waals surface area contributed by atoms with Crippen LogP contribution in [-0.2, 0) is 9.31 Å². The highest BCUT2D eigenvalue weighted by molar-refractivity contribution is 9.10. The van der Waals surface area contributed by atoms with Crippen molar-refractivity contribution in [3.8, 4) is 0 Å². The topological polar surface area (TPSA) is 44.5 Å². The van der Waals surface area contributed by atoms with E-state index in [1.54, 1.807) is 12.1 Å². The second kappa shape index (κ2) is 4.84. The molecule has 2 N–H and O–H groups in total. The van der Waals surface area contributed by atoms with Crippen molar-refractivity contribution >= 4 is 23.0 Å². The number of nitrogens with two attached hydrogens (primary N) is 1. The molecular formula is C13H18BBrFNO2. The van der Waals surface area contributed by atoms with E-state index in [1.807, 2.05) is 27.7 Å². The zero-order valence-corrected chi connectivity index (χ0v) is 13.1. The van der Waals surface area contributed by atoms with Crippen LogP contribution < -0.4 is 5.73 Å². The van der Waals surface area contributed by atoms with Crippen LogP contribution >= 0.6 is 15.9 Å². The SMILES string of the molecule is CC1(C)OB([C@@H](N)c2cc(Br)ccc2F)OC1(C)C. The van der Waals surface area contributed by atoms with Crippen LogP contribution in [0.1, 0.15) is 39.2 Å². The fourth-order valence-corrected chi connectivity index (χ4v) is 2.33. The maximum Gasteiger partial charge on any atom is 0.480 e. The molecule has 1 aliphatic heterocycles. The maximum atomic E-state index is 13.8. The Morgan fingerprint density at radius 3 is 2.26 bits per heavy atom. The molecular weight excluding hydrogens is 312 g/mol. The standard InChI is InChI=1S/C13H18BBrFNO2/c1-12(2)13(3,4)19-14(18-12)11(17)9-7-8(15)5-6-10(9)16/h5-7,11H,17H2,1-4H3/t11-/m0/s1. The van der Waals surface area contributed by atoms with Gasteiger partial charge in [0.2, 0.25) is 0 Å². The lowest BCUT2D eigenvalue weighted by molar-refractivity contribution is 0.00578. The Labute approximate surface area is 121 Å². The molecule has 3 nitrogen and oxygen atoms in total. The molecule has 19 heavy (non-hydrogen) atoms. The first-order chi connectivity index (χ1) is 8.64. The van der Waals surface area contributed by atoms with Gasteiger partial charge in [0.05, 0.1) is 17.1 Å². The van der Waals surface area contributed by atoms with Crippen LogP contribution in [0.2, 0.25) is 0 Å². The van der Waals surface area contributed by atoms with Gasteiger partial charge in [0.25, 0.3) is 0 Å². The number of hydrogen-bond acceptors (Lipinski definition) is 3. The summed E-state index contributed by atoms with van der Waals surface area (Å²) in [5.74, 6) is -1.02. The van der Waals surface area contributed by atoms with Gasteiger partial charge in [-0.05, 0) is 45.9 Å². The Hall–Kier alpha value is -0.425. The number of benzene rings is 1. The van der Waals surface area contributed by atoms with Gasteiger partial charge < -0.3 is 15.0 Å². The van der Waals surface area contributed by atoms with Gasteiger partial charge in [-0.25, -0.2) is 4.39 Å². The normalized spacial score (nSPS) is 22.6. The van der Waals surface area contributed by atoms with Gasteiger partial charge in [-0.2, -0.15) is 0 Å². The van der Waals surface area contributed by atoms with Crippen molar-refractivity contribution in [1.82, 2.24) is 0 Å². The summed E-state index contributed by atoms with van der Waals surface area (Å²) in [6.45, 7) is 7.77. The molecule has 1 aromatic carbocycles. The monoisotopic (exact) mass is 329 g/mol. The Morgan fingerprint density at radius 1 is 1.21 bits per heavy atom. The molecule has 1 aliphatic rings. The fourth-order valence-electron chi connectivity index (χ4n) is 1.95. The molecule has 104 valence electrons. The fraction of sp³-hybridized carbons (Fsp3) is 0.538. The molecule has 0 radical (unpaired) electrons. The van der Waals surface area contributed by atoms with E-state index in [1.165, 1.54) is 6.07 Å². The van der Waals surface area contributed by atoms with Gasteiger partial charge >= 0.3 is 7.12 Å². The quantitative estimate of drug-likeness (QED) is 0.847. The third kappa shape index (κ3) is 2.72. The van der Waals surface area contributed by atoms with Crippen molar-refractivity contribution in [2.45, 2.75) is 44.8 Å². The van der Waals surface area contributed by atoms with Crippen LogP contribution in [0.25, 0.3) is 0 Å². The first-order valence-corrected chi connectivity index (χ1v) is 6.99. The highest BCUT2D eigenvalue weighted by atomic mass is 79.9. The summed E-state index contributed by atoms with van der Waals surface area (Å²) in [5, 5.41) is 0. The molecule has 0 bridgehead atoms. The highest BCUT2D eigenvalue weighted by Crippen LogP contribution is 2.40. The van der Waals surface area contributed by atoms with Crippen LogP contribution in [0, 0.1) is 5.82 Å². The summed E-state index contributed by atoms with van der Waals surface area (Å²) >= 11 is 3.31. The van der Waals surface area contributed by atoms with E-state index in [-0.39, 0.29) is 5.82 Å². The molecule has 0 aliphatic carbocycles. The summed E-state index contributed by atoms with van der Waals surface area (Å²) in [6.07, 6.45) is 0. The number of hydrogen-bond donors (Lipinski definition) is 1. The van der Waals surface area contributed by atoms with Crippen LogP contribution in [0.5, 0.6) is 0 Å². The van der Waals surface area contributed by atoms with Crippen molar-refractivity contribution < 1.29 is 13.7 Å². The second-order valence-electron chi connectivity index (χ2n) is 5.82. The summed E-state index contributed by atoms with van der Waals surface area (Å²) in [4.78, 5) is 0. The van der Waals surface area contributed by atoms with Gasteiger partial charge in [0, 0.05) is 10.0 Å². The van der Waals surface area contributed by atoms with E-state index >= 15 is 0 Å². The van der Waals surface area contributed by atoms with Gasteiger partial charge in [-0.1, -0.05) is 15.9 Å². The predicted octanol–water partition coefficient (Wildman–Crippen LogP) is 3.22. The first-order valence-electron chi connectivity index (χ1n) is 6.20. The predicted molar refractivity (Wildman–Crippen MR) is 77.1 cm³/mol. The molecule has 2 rings (SSSR count). The molecule has 0 amide bonds. The van der Waals surface area contributed by atoms with Crippen molar-refractivity contribution in [2.75, 3.05) is 0 Å². The Bertz CT molecular complexity index is 480. The van der Waals surface area contributed by atoms with E-state index in [0.717, 1.165) is 4.47 Å². The average Bonchev–Trinajstić information content (AvgIpc) is 2.51. The van der Waals surface area contributed by atoms with E-state index in [0.29, 0.717) is 5.56 Å². The molecule has 0 spiro atoms. The molecule has 1 aromatic rings. The molecule has 1 saturated heterocycles. The Morgan fingerprint density at radius 2 is 1.74 bits per heavy atom. The third-order valence-electron chi connectivity index (χ3n) is 3.88. The van der Waals surface area contributed by atoms with E-state index < -0.39 is 24.3 Å².